The average Bonchev–Trinajstić information content (AvgIpc) is 3.33. The van der Waals surface area contributed by atoms with Gasteiger partial charge < -0.3 is 24.4 Å². The molecular formula is C24H38O5. The summed E-state index contributed by atoms with van der Waals surface area (Å²) in [4.78, 5) is 0. The molecule has 3 fully saturated rings. The summed E-state index contributed by atoms with van der Waals surface area (Å²) in [6.45, 7) is 12.4. The molecule has 0 aromatic rings. The molecule has 6 atom stereocenters. The summed E-state index contributed by atoms with van der Waals surface area (Å²) in [5.41, 5.74) is -0.485. The molecule has 164 valence electrons. The van der Waals surface area contributed by atoms with Gasteiger partial charge in [-0.1, -0.05) is 38.7 Å². The van der Waals surface area contributed by atoms with E-state index < -0.39 is 17.3 Å². The van der Waals surface area contributed by atoms with Gasteiger partial charge in [-0.2, -0.15) is 0 Å². The Morgan fingerprint density at radius 3 is 2.62 bits per heavy atom. The lowest BCUT2D eigenvalue weighted by Crippen LogP contribution is -2.61. The Bertz CT molecular complexity index is 631. The van der Waals surface area contributed by atoms with Crippen LogP contribution in [-0.2, 0) is 14.2 Å². The van der Waals surface area contributed by atoms with Gasteiger partial charge >= 0.3 is 0 Å². The standard InChI is InChI=1S/C24H38O5/c1-5-13-27-14-7-6-8-20(26)22(4)18(2)9-10-23(19(3)17-25)11-12-24(21(22)23)28-15-16-29-24/h5,18-21,25-26H,1,8-17H2,2-4H3/t18-,19-,20-,21+,22+,23+/m1/s1. The molecular weight excluding hydrogens is 368 g/mol. The zero-order valence-corrected chi connectivity index (χ0v) is 18.3. The zero-order chi connectivity index (χ0) is 21.1. The van der Waals surface area contributed by atoms with E-state index in [0.717, 1.165) is 25.7 Å². The van der Waals surface area contributed by atoms with Crippen LogP contribution in [0, 0.1) is 40.4 Å². The van der Waals surface area contributed by atoms with Gasteiger partial charge in [-0.25, -0.2) is 0 Å². The second kappa shape index (κ2) is 9.08. The molecule has 1 saturated heterocycles. The second-order valence-corrected chi connectivity index (χ2v) is 9.44. The lowest BCUT2D eigenvalue weighted by atomic mass is 9.47. The van der Waals surface area contributed by atoms with Crippen molar-refractivity contribution >= 4 is 0 Å². The van der Waals surface area contributed by atoms with E-state index in [2.05, 4.69) is 39.2 Å². The molecule has 0 bridgehead atoms. The van der Waals surface area contributed by atoms with E-state index in [1.54, 1.807) is 6.08 Å². The Labute approximate surface area is 175 Å². The minimum absolute atomic E-state index is 0.0321. The van der Waals surface area contributed by atoms with Gasteiger partial charge in [0.2, 0.25) is 0 Å². The quantitative estimate of drug-likeness (QED) is 0.386. The van der Waals surface area contributed by atoms with E-state index in [4.69, 9.17) is 14.2 Å². The van der Waals surface area contributed by atoms with Crippen molar-refractivity contribution in [2.45, 2.75) is 64.8 Å². The summed E-state index contributed by atoms with van der Waals surface area (Å²) >= 11 is 0. The smallest absolute Gasteiger partial charge is 0.172 e. The molecule has 0 radical (unpaired) electrons. The van der Waals surface area contributed by atoms with Crippen LogP contribution in [0.1, 0.15) is 52.9 Å². The summed E-state index contributed by atoms with van der Waals surface area (Å²) in [5.74, 6) is 5.95. The van der Waals surface area contributed by atoms with E-state index in [9.17, 15) is 10.2 Å². The molecule has 2 saturated carbocycles. The van der Waals surface area contributed by atoms with Gasteiger partial charge in [0, 0.05) is 30.8 Å². The molecule has 0 aromatic carbocycles. The number of hydrogen-bond acceptors (Lipinski definition) is 5. The van der Waals surface area contributed by atoms with Gasteiger partial charge in [0.25, 0.3) is 0 Å². The van der Waals surface area contributed by atoms with Crippen LogP contribution in [0.3, 0.4) is 0 Å². The van der Waals surface area contributed by atoms with Crippen molar-refractivity contribution in [3.63, 3.8) is 0 Å². The predicted molar refractivity (Wildman–Crippen MR) is 112 cm³/mol. The molecule has 0 amide bonds. The van der Waals surface area contributed by atoms with Crippen LogP contribution < -0.4 is 0 Å². The van der Waals surface area contributed by atoms with Gasteiger partial charge in [-0.15, -0.1) is 6.58 Å². The van der Waals surface area contributed by atoms with Crippen LogP contribution >= 0.6 is 0 Å². The number of aliphatic hydroxyl groups excluding tert-OH is 2. The number of aliphatic hydroxyl groups is 2. The first-order valence-corrected chi connectivity index (χ1v) is 11.1. The first-order valence-electron chi connectivity index (χ1n) is 11.1. The normalized spacial score (nSPS) is 37.6. The van der Waals surface area contributed by atoms with Crippen LogP contribution in [0.25, 0.3) is 0 Å². The Morgan fingerprint density at radius 2 is 1.97 bits per heavy atom. The molecule has 0 aromatic heterocycles. The summed E-state index contributed by atoms with van der Waals surface area (Å²) in [5, 5.41) is 21.5. The van der Waals surface area contributed by atoms with Crippen LogP contribution in [0.2, 0.25) is 0 Å². The second-order valence-electron chi connectivity index (χ2n) is 9.44. The maximum atomic E-state index is 11.4. The van der Waals surface area contributed by atoms with Crippen LogP contribution in [0.15, 0.2) is 12.7 Å². The van der Waals surface area contributed by atoms with Gasteiger partial charge in [0.05, 0.1) is 25.9 Å². The first-order chi connectivity index (χ1) is 13.9. The lowest BCUT2D eigenvalue weighted by molar-refractivity contribution is -0.266. The minimum Gasteiger partial charge on any atom is -0.396 e. The van der Waals surface area contributed by atoms with E-state index >= 15 is 0 Å². The monoisotopic (exact) mass is 406 g/mol. The van der Waals surface area contributed by atoms with Gasteiger partial charge in [0.15, 0.2) is 5.79 Å². The third-order valence-electron chi connectivity index (χ3n) is 8.26. The molecule has 2 aliphatic carbocycles. The largest absolute Gasteiger partial charge is 0.396 e. The zero-order valence-electron chi connectivity index (χ0n) is 18.3. The van der Waals surface area contributed by atoms with Crippen molar-refractivity contribution in [3.05, 3.63) is 12.7 Å². The fourth-order valence-electron chi connectivity index (χ4n) is 6.47. The Balaban J connectivity index is 1.90. The highest BCUT2D eigenvalue weighted by molar-refractivity contribution is 5.17. The van der Waals surface area contributed by atoms with E-state index in [1.807, 2.05) is 0 Å². The molecule has 3 aliphatic rings. The summed E-state index contributed by atoms with van der Waals surface area (Å²) in [6.07, 6.45) is 5.37. The Morgan fingerprint density at radius 1 is 1.24 bits per heavy atom. The predicted octanol–water partition coefficient (Wildman–Crippen LogP) is 3.15. The fourth-order valence-corrected chi connectivity index (χ4v) is 6.47. The number of hydrogen-bond donors (Lipinski definition) is 2. The van der Waals surface area contributed by atoms with Gasteiger partial charge in [-0.3, -0.25) is 0 Å². The van der Waals surface area contributed by atoms with Gasteiger partial charge in [0.1, 0.15) is 6.61 Å². The van der Waals surface area contributed by atoms with Crippen molar-refractivity contribution in [2.75, 3.05) is 33.0 Å². The van der Waals surface area contributed by atoms with Crippen LogP contribution in [0.4, 0.5) is 0 Å². The topological polar surface area (TPSA) is 68.2 Å². The highest BCUT2D eigenvalue weighted by Crippen LogP contribution is 2.69. The van der Waals surface area contributed by atoms with Crippen molar-refractivity contribution in [2.24, 2.45) is 28.6 Å². The molecule has 1 spiro atoms. The molecule has 3 rings (SSSR count). The summed E-state index contributed by atoms with van der Waals surface area (Å²) < 4.78 is 17.9. The van der Waals surface area contributed by atoms with Crippen LogP contribution in [-0.4, -0.2) is 55.1 Å². The highest BCUT2D eigenvalue weighted by atomic mass is 16.7. The van der Waals surface area contributed by atoms with E-state index in [-0.39, 0.29) is 23.9 Å². The van der Waals surface area contributed by atoms with E-state index in [1.165, 1.54) is 0 Å². The highest BCUT2D eigenvalue weighted by Gasteiger charge is 2.70. The summed E-state index contributed by atoms with van der Waals surface area (Å²) in [6, 6.07) is 0. The van der Waals surface area contributed by atoms with Crippen molar-refractivity contribution in [3.8, 4) is 11.8 Å². The van der Waals surface area contributed by atoms with Crippen molar-refractivity contribution in [1.82, 2.24) is 0 Å². The average molecular weight is 407 g/mol. The van der Waals surface area contributed by atoms with E-state index in [0.29, 0.717) is 38.8 Å². The minimum atomic E-state index is -0.645. The maximum absolute atomic E-state index is 11.4. The molecule has 2 N–H and O–H groups in total. The lowest BCUT2D eigenvalue weighted by Gasteiger charge is -2.60. The van der Waals surface area contributed by atoms with Crippen molar-refractivity contribution in [1.29, 1.82) is 0 Å². The number of ether oxygens (including phenoxy) is 3. The molecule has 0 unspecified atom stereocenters. The first kappa shape index (κ1) is 22.8. The number of rotatable bonds is 7. The molecule has 5 nitrogen and oxygen atoms in total. The van der Waals surface area contributed by atoms with Crippen LogP contribution in [0.5, 0.6) is 0 Å². The maximum Gasteiger partial charge on any atom is 0.172 e. The third-order valence-corrected chi connectivity index (χ3v) is 8.26. The molecule has 1 heterocycles. The third kappa shape index (κ3) is 3.79. The Kier molecular flexibility index (Phi) is 7.13. The molecule has 5 heteroatoms. The fraction of sp³-hybridized carbons (Fsp3) is 0.833. The molecule has 29 heavy (non-hydrogen) atoms. The van der Waals surface area contributed by atoms with Gasteiger partial charge in [-0.05, 0) is 36.5 Å². The SMILES string of the molecule is C=CCOCC#CC[C@@H](O)[C@]1(C)[C@H](C)CC[C@@]2([C@H](C)CO)CCC3(OCCO3)[C@H]21. The van der Waals surface area contributed by atoms with Crippen molar-refractivity contribution < 1.29 is 24.4 Å². The number of fused-ring (bicyclic) bond motifs is 2. The summed E-state index contributed by atoms with van der Waals surface area (Å²) in [7, 11) is 0. The molecule has 1 aliphatic heterocycles. The Hall–Kier alpha value is -0.900.